The Morgan fingerprint density at radius 1 is 1.05 bits per heavy atom. The van der Waals surface area contributed by atoms with Crippen molar-refractivity contribution in [2.24, 2.45) is 0 Å². The molecule has 1 heterocycles. The van der Waals surface area contributed by atoms with Crippen molar-refractivity contribution in [3.8, 4) is 11.5 Å². The number of carbonyl (C=O) groups excluding carboxylic acids is 1. The largest absolute Gasteiger partial charge is 0.493 e. The van der Waals surface area contributed by atoms with Gasteiger partial charge in [-0.3, -0.25) is 4.79 Å². The fourth-order valence-corrected chi connectivity index (χ4v) is 2.99. The van der Waals surface area contributed by atoms with Gasteiger partial charge in [0.1, 0.15) is 0 Å². The van der Waals surface area contributed by atoms with Crippen LogP contribution in [0, 0.1) is 0 Å². The molecule has 0 aliphatic carbocycles. The standard InChI is InChI=1S/C18H19NO3/c1-19-15(10-12-6-4-5-7-14(12)18(19)20)13-8-9-16(21-2)17(11-13)22-3/h4-9,11,15H,10H2,1-3H3. The molecule has 0 bridgehead atoms. The third-order valence-corrected chi connectivity index (χ3v) is 4.24. The lowest BCUT2D eigenvalue weighted by atomic mass is 9.90. The average Bonchev–Trinajstić information content (AvgIpc) is 2.57. The molecule has 0 spiro atoms. The van der Waals surface area contributed by atoms with E-state index in [-0.39, 0.29) is 11.9 Å². The molecule has 0 N–H and O–H groups in total. The number of ether oxygens (including phenoxy) is 2. The van der Waals surface area contributed by atoms with Crippen molar-refractivity contribution in [3.63, 3.8) is 0 Å². The highest BCUT2D eigenvalue weighted by Gasteiger charge is 2.30. The first-order valence-electron chi connectivity index (χ1n) is 7.22. The van der Waals surface area contributed by atoms with Gasteiger partial charge < -0.3 is 14.4 Å². The fourth-order valence-electron chi connectivity index (χ4n) is 2.99. The Morgan fingerprint density at radius 2 is 1.77 bits per heavy atom. The second kappa shape index (κ2) is 5.72. The molecular weight excluding hydrogens is 278 g/mol. The maximum Gasteiger partial charge on any atom is 0.254 e. The van der Waals surface area contributed by atoms with Crippen LogP contribution >= 0.6 is 0 Å². The van der Waals surface area contributed by atoms with Gasteiger partial charge >= 0.3 is 0 Å². The van der Waals surface area contributed by atoms with Crippen LogP contribution in [0.5, 0.6) is 11.5 Å². The van der Waals surface area contributed by atoms with E-state index in [9.17, 15) is 4.79 Å². The SMILES string of the molecule is COc1ccc(C2Cc3ccccc3C(=O)N2C)cc1OC. The summed E-state index contributed by atoms with van der Waals surface area (Å²) in [4.78, 5) is 14.3. The van der Waals surface area contributed by atoms with E-state index in [4.69, 9.17) is 9.47 Å². The van der Waals surface area contributed by atoms with Gasteiger partial charge in [-0.2, -0.15) is 0 Å². The van der Waals surface area contributed by atoms with Gasteiger partial charge in [-0.05, 0) is 35.7 Å². The number of hydrogen-bond acceptors (Lipinski definition) is 3. The molecule has 3 rings (SSSR count). The molecule has 0 aromatic heterocycles. The van der Waals surface area contributed by atoms with E-state index in [1.165, 1.54) is 0 Å². The number of carbonyl (C=O) groups is 1. The van der Waals surface area contributed by atoms with Crippen molar-refractivity contribution < 1.29 is 14.3 Å². The van der Waals surface area contributed by atoms with Crippen molar-refractivity contribution in [1.29, 1.82) is 0 Å². The molecule has 1 aliphatic heterocycles. The molecule has 114 valence electrons. The minimum absolute atomic E-state index is 0.00204. The highest BCUT2D eigenvalue weighted by atomic mass is 16.5. The van der Waals surface area contributed by atoms with Crippen LogP contribution in [0.3, 0.4) is 0 Å². The van der Waals surface area contributed by atoms with E-state index in [1.54, 1.807) is 19.1 Å². The molecule has 1 unspecified atom stereocenters. The highest BCUT2D eigenvalue weighted by molar-refractivity contribution is 5.97. The summed E-state index contributed by atoms with van der Waals surface area (Å²) in [5.74, 6) is 1.43. The molecular formula is C18H19NO3. The zero-order chi connectivity index (χ0) is 15.7. The Hall–Kier alpha value is -2.49. The zero-order valence-electron chi connectivity index (χ0n) is 13.0. The topological polar surface area (TPSA) is 38.8 Å². The Kier molecular flexibility index (Phi) is 3.75. The van der Waals surface area contributed by atoms with E-state index < -0.39 is 0 Å². The van der Waals surface area contributed by atoms with Crippen molar-refractivity contribution in [2.75, 3.05) is 21.3 Å². The molecule has 2 aromatic rings. The maximum absolute atomic E-state index is 12.5. The van der Waals surface area contributed by atoms with E-state index in [1.807, 2.05) is 49.5 Å². The van der Waals surface area contributed by atoms with Crippen LogP contribution in [0.15, 0.2) is 42.5 Å². The molecule has 1 amide bonds. The van der Waals surface area contributed by atoms with Crippen molar-refractivity contribution >= 4 is 5.91 Å². The third kappa shape index (κ3) is 2.30. The van der Waals surface area contributed by atoms with E-state index in [2.05, 4.69) is 0 Å². The van der Waals surface area contributed by atoms with Gasteiger partial charge in [0, 0.05) is 12.6 Å². The summed E-state index contributed by atoms with van der Waals surface area (Å²) in [6.07, 6.45) is 0.800. The summed E-state index contributed by atoms with van der Waals surface area (Å²) in [5, 5.41) is 0. The molecule has 0 saturated heterocycles. The monoisotopic (exact) mass is 297 g/mol. The van der Waals surface area contributed by atoms with Crippen LogP contribution in [0.1, 0.15) is 27.5 Å². The average molecular weight is 297 g/mol. The molecule has 4 heteroatoms. The molecule has 2 aromatic carbocycles. The molecule has 22 heavy (non-hydrogen) atoms. The second-order valence-electron chi connectivity index (χ2n) is 5.41. The van der Waals surface area contributed by atoms with Crippen LogP contribution in [0.2, 0.25) is 0 Å². The number of hydrogen-bond donors (Lipinski definition) is 0. The summed E-state index contributed by atoms with van der Waals surface area (Å²) in [6.45, 7) is 0. The number of fused-ring (bicyclic) bond motifs is 1. The summed E-state index contributed by atoms with van der Waals surface area (Å²) in [7, 11) is 5.08. The fraction of sp³-hybridized carbons (Fsp3) is 0.278. The summed E-state index contributed by atoms with van der Waals surface area (Å²) in [6, 6.07) is 13.6. The molecule has 0 fully saturated rings. The predicted molar refractivity (Wildman–Crippen MR) is 84.5 cm³/mol. The smallest absolute Gasteiger partial charge is 0.254 e. The Balaban J connectivity index is 2.01. The number of amides is 1. The molecule has 0 radical (unpaired) electrons. The van der Waals surface area contributed by atoms with Gasteiger partial charge in [-0.1, -0.05) is 24.3 Å². The summed E-state index contributed by atoms with van der Waals surface area (Å²) in [5.41, 5.74) is 2.93. The van der Waals surface area contributed by atoms with Gasteiger partial charge in [0.25, 0.3) is 5.91 Å². The number of methoxy groups -OCH3 is 2. The van der Waals surface area contributed by atoms with Crippen LogP contribution < -0.4 is 9.47 Å². The van der Waals surface area contributed by atoms with Crippen molar-refractivity contribution in [1.82, 2.24) is 4.90 Å². The van der Waals surface area contributed by atoms with Crippen LogP contribution in [-0.4, -0.2) is 32.1 Å². The quantitative estimate of drug-likeness (QED) is 0.874. The zero-order valence-corrected chi connectivity index (χ0v) is 13.0. The number of likely N-dealkylation sites (N-methyl/N-ethyl adjacent to an activating group) is 1. The highest BCUT2D eigenvalue weighted by Crippen LogP contribution is 2.36. The van der Waals surface area contributed by atoms with E-state index >= 15 is 0 Å². The normalized spacial score (nSPS) is 17.1. The van der Waals surface area contributed by atoms with Gasteiger partial charge in [-0.25, -0.2) is 0 Å². The van der Waals surface area contributed by atoms with Crippen LogP contribution in [-0.2, 0) is 6.42 Å². The first kappa shape index (κ1) is 14.4. The second-order valence-corrected chi connectivity index (χ2v) is 5.41. The van der Waals surface area contributed by atoms with Gasteiger partial charge in [0.05, 0.1) is 20.3 Å². The van der Waals surface area contributed by atoms with Crippen LogP contribution in [0.4, 0.5) is 0 Å². The molecule has 4 nitrogen and oxygen atoms in total. The minimum Gasteiger partial charge on any atom is -0.493 e. The van der Waals surface area contributed by atoms with Gasteiger partial charge in [-0.15, -0.1) is 0 Å². The number of benzene rings is 2. The van der Waals surface area contributed by atoms with Gasteiger partial charge in [0.15, 0.2) is 11.5 Å². The number of nitrogens with zero attached hydrogens (tertiary/aromatic N) is 1. The van der Waals surface area contributed by atoms with Gasteiger partial charge in [0.2, 0.25) is 0 Å². The first-order chi connectivity index (χ1) is 10.7. The van der Waals surface area contributed by atoms with Crippen molar-refractivity contribution in [2.45, 2.75) is 12.5 Å². The Morgan fingerprint density at radius 3 is 2.50 bits per heavy atom. The predicted octanol–water partition coefficient (Wildman–Crippen LogP) is 3.07. The van der Waals surface area contributed by atoms with Crippen molar-refractivity contribution in [3.05, 3.63) is 59.2 Å². The maximum atomic E-state index is 12.5. The van der Waals surface area contributed by atoms with E-state index in [0.717, 1.165) is 23.1 Å². The lowest BCUT2D eigenvalue weighted by molar-refractivity contribution is 0.0705. The number of rotatable bonds is 3. The molecule has 0 saturated carbocycles. The molecule has 1 atom stereocenters. The minimum atomic E-state index is 0.00204. The summed E-state index contributed by atoms with van der Waals surface area (Å²) >= 11 is 0. The lowest BCUT2D eigenvalue weighted by Gasteiger charge is -2.34. The van der Waals surface area contributed by atoms with Crippen LogP contribution in [0.25, 0.3) is 0 Å². The first-order valence-corrected chi connectivity index (χ1v) is 7.22. The Bertz CT molecular complexity index is 711. The lowest BCUT2D eigenvalue weighted by Crippen LogP contribution is -2.37. The summed E-state index contributed by atoms with van der Waals surface area (Å²) < 4.78 is 10.6. The third-order valence-electron chi connectivity index (χ3n) is 4.24. The molecule has 1 aliphatic rings. The Labute approximate surface area is 130 Å². The van der Waals surface area contributed by atoms with E-state index in [0.29, 0.717) is 11.5 Å².